The van der Waals surface area contributed by atoms with Gasteiger partial charge in [0.15, 0.2) is 0 Å². The van der Waals surface area contributed by atoms with Gasteiger partial charge < -0.3 is 20.3 Å². The molecule has 0 heterocycles. The van der Waals surface area contributed by atoms with Crippen LogP contribution in [0.2, 0.25) is 0 Å². The van der Waals surface area contributed by atoms with E-state index in [1.54, 1.807) is 6.08 Å². The average molecular weight is 844 g/mol. The van der Waals surface area contributed by atoms with Gasteiger partial charge in [-0.15, -0.1) is 0 Å². The molecule has 344 valence electrons. The molecule has 0 aromatic carbocycles. The summed E-state index contributed by atoms with van der Waals surface area (Å²) in [5.74, 6) is -0.672. The number of carbonyl (C=O) groups is 2. The van der Waals surface area contributed by atoms with E-state index in [0.717, 1.165) is 89.9 Å². The molecule has 3 N–H and O–H groups in total. The Hall–Kier alpha value is -3.74. The van der Waals surface area contributed by atoms with Gasteiger partial charge in [-0.05, 0) is 70.3 Å². The standard InChI is InChI=1S/C55H89NO5/c1-4-7-10-13-16-19-22-24-26-27-28-29-31-33-36-39-42-45-48-55(60)61-51(46-43-40-37-34-32-30-25-23-20-17-14-11-8-5-2)49-54(59)56-52(50-57)53(58)47-44-41-38-35-21-18-15-12-9-6-3/h8,10-11,13,16-17,19-20,22,24-30,34,37,43,46,51-53,57-58H,4-7,9,12,14-15,18,21,23,31-33,35-36,38-42,44-45,47-50H2,1-3H3,(H,56,59)/b11-8+,13-10+,19-16+,20-17+,24-22+,27-26+,29-28+,30-25+,37-34+,46-43+. The van der Waals surface area contributed by atoms with Crippen LogP contribution in [-0.2, 0) is 14.3 Å². The van der Waals surface area contributed by atoms with Crippen molar-refractivity contribution in [2.24, 2.45) is 0 Å². The molecule has 0 fully saturated rings. The molecule has 0 saturated carbocycles. The van der Waals surface area contributed by atoms with E-state index in [9.17, 15) is 19.8 Å². The van der Waals surface area contributed by atoms with Crippen molar-refractivity contribution < 1.29 is 24.5 Å². The minimum atomic E-state index is -0.830. The first kappa shape index (κ1) is 57.3. The van der Waals surface area contributed by atoms with Crippen LogP contribution in [0.25, 0.3) is 0 Å². The van der Waals surface area contributed by atoms with E-state index < -0.39 is 18.2 Å². The molecule has 0 aliphatic heterocycles. The number of nitrogens with one attached hydrogen (secondary N) is 1. The normalized spacial score (nSPS) is 14.4. The molecule has 0 spiro atoms. The summed E-state index contributed by atoms with van der Waals surface area (Å²) in [5.41, 5.74) is 0. The number of esters is 1. The van der Waals surface area contributed by atoms with E-state index in [-0.39, 0.29) is 24.9 Å². The summed E-state index contributed by atoms with van der Waals surface area (Å²) < 4.78 is 5.80. The monoisotopic (exact) mass is 844 g/mol. The second-order valence-corrected chi connectivity index (χ2v) is 15.9. The fourth-order valence-corrected chi connectivity index (χ4v) is 6.48. The lowest BCUT2D eigenvalue weighted by Crippen LogP contribution is -2.46. The van der Waals surface area contributed by atoms with E-state index in [1.165, 1.54) is 51.4 Å². The first-order valence-electron chi connectivity index (χ1n) is 24.3. The Bertz CT molecular complexity index is 1310. The molecule has 0 aliphatic carbocycles. The molecule has 0 rings (SSSR count). The quantitative estimate of drug-likeness (QED) is 0.0247. The third-order valence-corrected chi connectivity index (χ3v) is 10.1. The number of allylic oxidation sites excluding steroid dienone is 19. The summed E-state index contributed by atoms with van der Waals surface area (Å²) in [6.07, 6.45) is 65.7. The lowest BCUT2D eigenvalue weighted by atomic mass is 10.0. The lowest BCUT2D eigenvalue weighted by molar-refractivity contribution is -0.148. The van der Waals surface area contributed by atoms with Gasteiger partial charge in [0.1, 0.15) is 6.10 Å². The molecule has 6 nitrogen and oxygen atoms in total. The van der Waals surface area contributed by atoms with Gasteiger partial charge in [-0.2, -0.15) is 0 Å². The topological polar surface area (TPSA) is 95.9 Å². The minimum Gasteiger partial charge on any atom is -0.458 e. The summed E-state index contributed by atoms with van der Waals surface area (Å²) in [5, 5.41) is 23.6. The Labute approximate surface area is 374 Å². The maximum absolute atomic E-state index is 13.1. The van der Waals surface area contributed by atoms with Crippen LogP contribution in [-0.4, -0.2) is 46.9 Å². The van der Waals surface area contributed by atoms with Crippen LogP contribution < -0.4 is 5.32 Å². The largest absolute Gasteiger partial charge is 0.458 e. The van der Waals surface area contributed by atoms with Gasteiger partial charge in [-0.3, -0.25) is 9.59 Å². The molecule has 0 saturated heterocycles. The van der Waals surface area contributed by atoms with Gasteiger partial charge in [0.2, 0.25) is 5.91 Å². The zero-order chi connectivity index (χ0) is 44.5. The Morgan fingerprint density at radius 3 is 1.54 bits per heavy atom. The van der Waals surface area contributed by atoms with Gasteiger partial charge in [0.25, 0.3) is 0 Å². The molecule has 0 aromatic heterocycles. The number of unbranched alkanes of at least 4 members (excludes halogenated alkanes) is 15. The van der Waals surface area contributed by atoms with Crippen LogP contribution in [0, 0.1) is 0 Å². The maximum atomic E-state index is 13.1. The van der Waals surface area contributed by atoms with E-state index >= 15 is 0 Å². The first-order valence-corrected chi connectivity index (χ1v) is 24.3. The number of rotatable bonds is 41. The van der Waals surface area contributed by atoms with Crippen molar-refractivity contribution in [1.29, 1.82) is 0 Å². The van der Waals surface area contributed by atoms with E-state index in [0.29, 0.717) is 19.3 Å². The number of aliphatic hydroxyl groups is 2. The molecule has 1 amide bonds. The zero-order valence-electron chi connectivity index (χ0n) is 39.0. The van der Waals surface area contributed by atoms with Crippen molar-refractivity contribution in [1.82, 2.24) is 5.32 Å². The van der Waals surface area contributed by atoms with Crippen molar-refractivity contribution in [3.8, 4) is 0 Å². The highest BCUT2D eigenvalue weighted by Gasteiger charge is 2.23. The highest BCUT2D eigenvalue weighted by atomic mass is 16.5. The SMILES string of the molecule is CC/C=C/C/C=C/C/C=C/C/C=C/C/C=C/C(CC(=O)NC(CO)C(O)CCCCCCCCCCCC)OC(=O)CCCCCCC/C=C/C=C/C=C/C=C/C=C/CCC. The maximum Gasteiger partial charge on any atom is 0.306 e. The molecular weight excluding hydrogens is 755 g/mol. The summed E-state index contributed by atoms with van der Waals surface area (Å²) in [6, 6.07) is -0.754. The zero-order valence-corrected chi connectivity index (χ0v) is 39.0. The van der Waals surface area contributed by atoms with Crippen molar-refractivity contribution in [2.75, 3.05) is 6.61 Å². The van der Waals surface area contributed by atoms with E-state index in [1.807, 2.05) is 42.5 Å². The number of carbonyl (C=O) groups excluding carboxylic acids is 2. The molecule has 0 aliphatic rings. The van der Waals surface area contributed by atoms with Crippen LogP contribution in [0.3, 0.4) is 0 Å². The predicted molar refractivity (Wildman–Crippen MR) is 263 cm³/mol. The van der Waals surface area contributed by atoms with Crippen molar-refractivity contribution in [3.63, 3.8) is 0 Å². The number of hydrogen-bond donors (Lipinski definition) is 3. The Kier molecular flexibility index (Phi) is 44.4. The summed E-state index contributed by atoms with van der Waals surface area (Å²) in [4.78, 5) is 26.0. The second kappa shape index (κ2) is 47.3. The Morgan fingerprint density at radius 2 is 1.00 bits per heavy atom. The summed E-state index contributed by atoms with van der Waals surface area (Å²) in [7, 11) is 0. The van der Waals surface area contributed by atoms with Gasteiger partial charge >= 0.3 is 5.97 Å². The molecule has 61 heavy (non-hydrogen) atoms. The molecule has 3 unspecified atom stereocenters. The van der Waals surface area contributed by atoms with Crippen molar-refractivity contribution in [3.05, 3.63) is 122 Å². The van der Waals surface area contributed by atoms with Crippen LogP contribution in [0.15, 0.2) is 122 Å². The van der Waals surface area contributed by atoms with Crippen LogP contribution in [0.1, 0.15) is 188 Å². The number of aliphatic hydroxyl groups excluding tert-OH is 2. The number of amides is 1. The van der Waals surface area contributed by atoms with Crippen LogP contribution >= 0.6 is 0 Å². The highest BCUT2D eigenvalue weighted by Crippen LogP contribution is 2.14. The van der Waals surface area contributed by atoms with Crippen molar-refractivity contribution in [2.45, 2.75) is 206 Å². The Balaban J connectivity index is 4.83. The molecule has 3 atom stereocenters. The Morgan fingerprint density at radius 1 is 0.525 bits per heavy atom. The summed E-state index contributed by atoms with van der Waals surface area (Å²) >= 11 is 0. The highest BCUT2D eigenvalue weighted by molar-refractivity contribution is 5.78. The van der Waals surface area contributed by atoms with Gasteiger partial charge in [0.05, 0.1) is 25.2 Å². The molecule has 0 aromatic rings. The molecule has 0 radical (unpaired) electrons. The van der Waals surface area contributed by atoms with E-state index in [2.05, 4.69) is 99.0 Å². The second-order valence-electron chi connectivity index (χ2n) is 15.9. The fourth-order valence-electron chi connectivity index (χ4n) is 6.48. The number of hydrogen-bond acceptors (Lipinski definition) is 5. The minimum absolute atomic E-state index is 0.0648. The third kappa shape index (κ3) is 42.7. The van der Waals surface area contributed by atoms with E-state index in [4.69, 9.17) is 4.74 Å². The van der Waals surface area contributed by atoms with Gasteiger partial charge in [-0.25, -0.2) is 0 Å². The van der Waals surface area contributed by atoms with Gasteiger partial charge in [0, 0.05) is 6.42 Å². The molecule has 0 bridgehead atoms. The average Bonchev–Trinajstić information content (AvgIpc) is 3.25. The molecule has 6 heteroatoms. The van der Waals surface area contributed by atoms with Gasteiger partial charge in [-0.1, -0.05) is 226 Å². The fraction of sp³-hybridized carbons (Fsp3) is 0.600. The predicted octanol–water partition coefficient (Wildman–Crippen LogP) is 14.5. The van der Waals surface area contributed by atoms with Crippen LogP contribution in [0.5, 0.6) is 0 Å². The molecular formula is C55H89NO5. The third-order valence-electron chi connectivity index (χ3n) is 10.1. The smallest absolute Gasteiger partial charge is 0.306 e. The summed E-state index contributed by atoms with van der Waals surface area (Å²) in [6.45, 7) is 6.20. The van der Waals surface area contributed by atoms with Crippen molar-refractivity contribution >= 4 is 11.9 Å². The number of ether oxygens (including phenoxy) is 1. The first-order chi connectivity index (χ1) is 30.0. The lowest BCUT2D eigenvalue weighted by Gasteiger charge is -2.23. The van der Waals surface area contributed by atoms with Crippen LogP contribution in [0.4, 0.5) is 0 Å².